The molecule has 1 saturated carbocycles. The molecule has 1 aliphatic carbocycles. The van der Waals surface area contributed by atoms with Crippen LogP contribution in [0.25, 0.3) is 0 Å². The van der Waals surface area contributed by atoms with E-state index in [1.54, 1.807) is 36.0 Å². The van der Waals surface area contributed by atoms with Crippen LogP contribution < -0.4 is 16.0 Å². The van der Waals surface area contributed by atoms with Gasteiger partial charge in [0.05, 0.1) is 44.3 Å². The number of nitrogens with one attached hydrogen (secondary N) is 3. The number of urea groups is 1. The molecule has 0 spiro atoms. The van der Waals surface area contributed by atoms with E-state index >= 15 is 0 Å². The third-order valence-electron chi connectivity index (χ3n) is 10.5. The quantitative estimate of drug-likeness (QED) is 0.0645. The normalized spacial score (nSPS) is 21.9. The smallest absolute Gasteiger partial charge is 0.417 e. The van der Waals surface area contributed by atoms with E-state index in [1.165, 1.54) is 16.8 Å². The van der Waals surface area contributed by atoms with E-state index in [-0.39, 0.29) is 72.9 Å². The molecule has 3 aliphatic rings. The van der Waals surface area contributed by atoms with Crippen molar-refractivity contribution in [3.63, 3.8) is 0 Å². The zero-order chi connectivity index (χ0) is 41.8. The lowest BCUT2D eigenvalue weighted by atomic mass is 9.87. The molecule has 6 amide bonds. The first-order chi connectivity index (χ1) is 27.0. The number of nitrogens with zero attached hydrogens (tertiary/aromatic N) is 4. The summed E-state index contributed by atoms with van der Waals surface area (Å²) >= 11 is 1.81. The summed E-state index contributed by atoms with van der Waals surface area (Å²) in [7, 11) is 1.53. The Morgan fingerprint density at radius 2 is 1.44 bits per heavy atom. The molecule has 314 valence electrons. The van der Waals surface area contributed by atoms with Crippen LogP contribution in [-0.4, -0.2) is 174 Å². The van der Waals surface area contributed by atoms with Gasteiger partial charge in [0.15, 0.2) is 0 Å². The number of hydrogen-bond acceptors (Lipinski definition) is 11. The predicted octanol–water partition coefficient (Wildman–Crippen LogP) is 1.55. The zero-order valence-electron chi connectivity index (χ0n) is 31.6. The van der Waals surface area contributed by atoms with Gasteiger partial charge in [0.1, 0.15) is 0 Å². The highest BCUT2D eigenvalue weighted by Crippen LogP contribution is 2.33. The Labute approximate surface area is 332 Å². The van der Waals surface area contributed by atoms with Crippen molar-refractivity contribution < 1.29 is 63.9 Å². The van der Waals surface area contributed by atoms with Crippen LogP contribution in [0.1, 0.15) is 56.9 Å². The summed E-state index contributed by atoms with van der Waals surface area (Å²) in [5.41, 5.74) is 0.951. The molecule has 0 bridgehead atoms. The van der Waals surface area contributed by atoms with Crippen LogP contribution in [0.4, 0.5) is 20.1 Å². The van der Waals surface area contributed by atoms with Gasteiger partial charge in [0.2, 0.25) is 11.8 Å². The number of amides is 6. The molecule has 6 atom stereocenters. The zero-order valence-corrected chi connectivity index (χ0v) is 32.4. The van der Waals surface area contributed by atoms with Crippen molar-refractivity contribution in [3.8, 4) is 0 Å². The van der Waals surface area contributed by atoms with Gasteiger partial charge in [-0.1, -0.05) is 31.4 Å². The van der Waals surface area contributed by atoms with Crippen molar-refractivity contribution >= 4 is 65.4 Å². The van der Waals surface area contributed by atoms with Crippen LogP contribution in [-0.2, 0) is 30.4 Å². The standard InChI is InChI=1S/C36H51N7O13S/c1-40(29(45)9-5-4-8-27-33-24(20-57-27)38-34(52)39-33)16-28(44)37-22-12-10-21(11-13-22)14-23(41(17-30(46)47)18-31(48)49)15-42(19-32(50)51)25-6-2-3-7-26(25)43(35(53)54)36(55)56/h10-13,23-27,33H,2-9,14-20H2,1H3,(H,37,44)(H,46,47)(H,48,49)(H,50,51)(H,53,54)(H,55,56)(H2,38,39,52)/t23?,24-,25?,26?,27?,33-/m0/s1. The lowest BCUT2D eigenvalue weighted by molar-refractivity contribution is -0.145. The number of carbonyl (C=O) groups is 8. The van der Waals surface area contributed by atoms with Gasteiger partial charge in [-0.2, -0.15) is 11.8 Å². The molecule has 3 fully saturated rings. The Morgan fingerprint density at radius 1 is 0.825 bits per heavy atom. The van der Waals surface area contributed by atoms with Gasteiger partial charge < -0.3 is 46.4 Å². The summed E-state index contributed by atoms with van der Waals surface area (Å²) in [4.78, 5) is 101. The Hall–Kier alpha value is -5.15. The monoisotopic (exact) mass is 821 g/mol. The molecule has 2 aliphatic heterocycles. The van der Waals surface area contributed by atoms with Crippen LogP contribution in [0, 0.1) is 0 Å². The second-order valence-electron chi connectivity index (χ2n) is 14.6. The lowest BCUT2D eigenvalue weighted by Gasteiger charge is -2.44. The number of anilines is 1. The minimum Gasteiger partial charge on any atom is -0.480 e. The molecule has 21 heteroatoms. The maximum atomic E-state index is 12.8. The van der Waals surface area contributed by atoms with E-state index in [0.717, 1.165) is 23.5 Å². The molecule has 0 radical (unpaired) electrons. The molecular formula is C36H51N7O13S. The van der Waals surface area contributed by atoms with Crippen molar-refractivity contribution in [1.82, 2.24) is 30.2 Å². The molecule has 57 heavy (non-hydrogen) atoms. The van der Waals surface area contributed by atoms with Crippen molar-refractivity contribution in [2.45, 2.75) is 93.2 Å². The topological polar surface area (TPSA) is 287 Å². The lowest BCUT2D eigenvalue weighted by Crippen LogP contribution is -2.60. The number of fused-ring (bicyclic) bond motifs is 1. The molecule has 1 aromatic rings. The minimum atomic E-state index is -1.72. The highest BCUT2D eigenvalue weighted by molar-refractivity contribution is 8.00. The number of thioether (sulfide) groups is 1. The molecule has 20 nitrogen and oxygen atoms in total. The SMILES string of the molecule is CN(CC(=O)Nc1ccc(CC(CN(CC(=O)O)C2CCCCC2N(C(=O)O)C(=O)O)N(CC(=O)O)CC(=O)O)cc1)C(=O)CCCCC1SC[C@@H]2NC(=O)N[C@H]12. The molecule has 8 N–H and O–H groups in total. The molecule has 1 aromatic carbocycles. The van der Waals surface area contributed by atoms with E-state index < -0.39 is 73.8 Å². The van der Waals surface area contributed by atoms with Crippen molar-refractivity contribution in [2.24, 2.45) is 0 Å². The molecule has 4 rings (SSSR count). The largest absolute Gasteiger partial charge is 0.480 e. The number of aliphatic carboxylic acids is 3. The second kappa shape index (κ2) is 20.8. The van der Waals surface area contributed by atoms with Crippen molar-refractivity contribution in [2.75, 3.05) is 50.8 Å². The fourth-order valence-corrected chi connectivity index (χ4v) is 9.42. The van der Waals surface area contributed by atoms with Crippen LogP contribution in [0.5, 0.6) is 0 Å². The van der Waals surface area contributed by atoms with E-state index in [9.17, 15) is 63.9 Å². The fourth-order valence-electron chi connectivity index (χ4n) is 7.87. The van der Waals surface area contributed by atoms with Gasteiger partial charge in [-0.05, 0) is 49.8 Å². The van der Waals surface area contributed by atoms with E-state index in [1.807, 2.05) is 0 Å². The Kier molecular flexibility index (Phi) is 16.3. The fraction of sp³-hybridized carbons (Fsp3) is 0.611. The summed E-state index contributed by atoms with van der Waals surface area (Å²) in [6, 6.07) is 3.51. The van der Waals surface area contributed by atoms with Crippen LogP contribution in [0.15, 0.2) is 24.3 Å². The summed E-state index contributed by atoms with van der Waals surface area (Å²) in [5, 5.41) is 57.4. The number of unbranched alkanes of at least 4 members (excludes halogenated alkanes) is 1. The number of rotatable bonds is 21. The summed E-state index contributed by atoms with van der Waals surface area (Å²) in [6.07, 6.45) is 0.533. The number of carbonyl (C=O) groups excluding carboxylic acids is 3. The van der Waals surface area contributed by atoms with Gasteiger partial charge in [-0.15, -0.1) is 0 Å². The Balaban J connectivity index is 1.39. The van der Waals surface area contributed by atoms with Gasteiger partial charge in [0, 0.05) is 48.8 Å². The summed E-state index contributed by atoms with van der Waals surface area (Å²) in [6.45, 7) is -2.54. The van der Waals surface area contributed by atoms with Crippen LogP contribution in [0.2, 0.25) is 0 Å². The maximum absolute atomic E-state index is 12.8. The third-order valence-corrected chi connectivity index (χ3v) is 12.0. The highest BCUT2D eigenvalue weighted by atomic mass is 32.2. The second-order valence-corrected chi connectivity index (χ2v) is 15.9. The average Bonchev–Trinajstić information content (AvgIpc) is 3.68. The van der Waals surface area contributed by atoms with Gasteiger partial charge in [-0.3, -0.25) is 33.8 Å². The first-order valence-corrected chi connectivity index (χ1v) is 19.8. The molecular weight excluding hydrogens is 770 g/mol. The third kappa shape index (κ3) is 13.2. The number of carboxylic acid groups (broad SMARTS) is 5. The van der Waals surface area contributed by atoms with E-state index in [0.29, 0.717) is 30.5 Å². The maximum Gasteiger partial charge on any atom is 0.417 e. The van der Waals surface area contributed by atoms with E-state index in [4.69, 9.17) is 0 Å². The molecule has 4 unspecified atom stereocenters. The summed E-state index contributed by atoms with van der Waals surface area (Å²) < 4.78 is 0. The number of imide groups is 1. The van der Waals surface area contributed by atoms with Gasteiger partial charge >= 0.3 is 36.1 Å². The van der Waals surface area contributed by atoms with Crippen molar-refractivity contribution in [3.05, 3.63) is 29.8 Å². The van der Waals surface area contributed by atoms with E-state index in [2.05, 4.69) is 16.0 Å². The molecule has 2 saturated heterocycles. The van der Waals surface area contributed by atoms with Crippen LogP contribution in [0.3, 0.4) is 0 Å². The number of hydrogen-bond donors (Lipinski definition) is 8. The average molecular weight is 822 g/mol. The van der Waals surface area contributed by atoms with Gasteiger partial charge in [0.25, 0.3) is 0 Å². The molecule has 0 aromatic heterocycles. The van der Waals surface area contributed by atoms with Crippen LogP contribution >= 0.6 is 11.8 Å². The Morgan fingerprint density at radius 3 is 2.04 bits per heavy atom. The number of benzene rings is 1. The highest BCUT2D eigenvalue weighted by Gasteiger charge is 2.43. The Bertz CT molecular complexity index is 1620. The van der Waals surface area contributed by atoms with Gasteiger partial charge in [-0.25, -0.2) is 19.3 Å². The van der Waals surface area contributed by atoms with Crippen molar-refractivity contribution in [1.29, 1.82) is 0 Å². The first kappa shape index (κ1) is 44.6. The predicted molar refractivity (Wildman–Crippen MR) is 204 cm³/mol. The minimum absolute atomic E-state index is 0.00725. The first-order valence-electron chi connectivity index (χ1n) is 18.7. The number of likely N-dealkylation sites (N-methyl/N-ethyl adjacent to an activating group) is 1. The molecule has 2 heterocycles. The summed E-state index contributed by atoms with van der Waals surface area (Å²) in [5.74, 6) is -3.78. The number of carboxylic acids is 3.